The number of carboxylic acids is 1. The van der Waals surface area contributed by atoms with Crippen molar-refractivity contribution in [1.82, 2.24) is 0 Å². The van der Waals surface area contributed by atoms with Crippen LogP contribution in [0.25, 0.3) is 0 Å². The predicted molar refractivity (Wildman–Crippen MR) is 159 cm³/mol. The largest absolute Gasteiger partial charge is 0.481 e. The molecule has 12 atom stereocenters. The van der Waals surface area contributed by atoms with Gasteiger partial charge in [0.15, 0.2) is 6.29 Å². The van der Waals surface area contributed by atoms with E-state index in [1.54, 1.807) is 12.5 Å². The van der Waals surface area contributed by atoms with Crippen LogP contribution in [-0.4, -0.2) is 63.2 Å². The number of aliphatic carboxylic acids is 1. The zero-order valence-electron chi connectivity index (χ0n) is 27.0. The first kappa shape index (κ1) is 31.0. The molecule has 42 heavy (non-hydrogen) atoms. The average Bonchev–Trinajstić information content (AvgIpc) is 2.91. The number of hydrogen-bond donors (Lipinski definition) is 4. The van der Waals surface area contributed by atoms with Gasteiger partial charge in [-0.2, -0.15) is 0 Å². The lowest BCUT2D eigenvalue weighted by atomic mass is 9.38. The van der Waals surface area contributed by atoms with E-state index in [2.05, 4.69) is 41.5 Å². The summed E-state index contributed by atoms with van der Waals surface area (Å²) in [5, 5.41) is 41.8. The molecule has 0 aromatic carbocycles. The topological polar surface area (TPSA) is 116 Å². The molecule has 238 valence electrons. The molecule has 1 saturated heterocycles. The van der Waals surface area contributed by atoms with Gasteiger partial charge in [-0.25, -0.2) is 0 Å². The van der Waals surface area contributed by atoms with Gasteiger partial charge in [0.1, 0.15) is 18.3 Å². The van der Waals surface area contributed by atoms with Crippen LogP contribution in [0, 0.1) is 44.8 Å². The Morgan fingerprint density at radius 1 is 0.833 bits per heavy atom. The standard InChI is InChI=1S/C35H56O7/c1-19-26(36)27(37)28(38)29(41-19)42-25-12-14-34(7)23(32(25,4)5)11-13-33(6)21-10-15-35(30(39)40)17-16-31(2,3)18-22(35)20(21)8-9-24(33)34/h19,22-29,36-38H,8-18H2,1-7H3,(H,39,40). The molecule has 7 heteroatoms. The van der Waals surface area contributed by atoms with Crippen LogP contribution in [0.5, 0.6) is 0 Å². The minimum absolute atomic E-state index is 0.104. The smallest absolute Gasteiger partial charge is 0.310 e. The van der Waals surface area contributed by atoms with Crippen LogP contribution < -0.4 is 0 Å². The van der Waals surface area contributed by atoms with E-state index in [4.69, 9.17) is 9.47 Å². The van der Waals surface area contributed by atoms with Crippen molar-refractivity contribution in [2.75, 3.05) is 0 Å². The highest BCUT2D eigenvalue weighted by atomic mass is 16.7. The molecule has 1 heterocycles. The highest BCUT2D eigenvalue weighted by molar-refractivity contribution is 5.76. The average molecular weight is 589 g/mol. The van der Waals surface area contributed by atoms with Crippen molar-refractivity contribution in [2.24, 2.45) is 44.8 Å². The summed E-state index contributed by atoms with van der Waals surface area (Å²) in [4.78, 5) is 12.8. The second kappa shape index (κ2) is 10.0. The fourth-order valence-corrected chi connectivity index (χ4v) is 11.8. The SMILES string of the molecule is CC1OC(OC2CCC3(C)C4CCC5=C(CCC6(C(=O)O)CCC(C)(C)CC56)C4(C)CCC3C2(C)C)C(O)C(O)C1O. The molecule has 4 fully saturated rings. The molecule has 12 unspecified atom stereocenters. The molecular weight excluding hydrogens is 532 g/mol. The summed E-state index contributed by atoms with van der Waals surface area (Å²) < 4.78 is 12.3. The summed E-state index contributed by atoms with van der Waals surface area (Å²) in [6, 6.07) is 0. The Hall–Kier alpha value is -0.990. The minimum atomic E-state index is -1.29. The lowest BCUT2D eigenvalue weighted by molar-refractivity contribution is -0.323. The number of hydrogen-bond acceptors (Lipinski definition) is 6. The van der Waals surface area contributed by atoms with Gasteiger partial charge in [0, 0.05) is 0 Å². The highest BCUT2D eigenvalue weighted by Crippen LogP contribution is 2.71. The van der Waals surface area contributed by atoms with Crippen LogP contribution in [0.15, 0.2) is 11.1 Å². The molecule has 0 spiro atoms. The molecule has 5 aliphatic carbocycles. The number of aliphatic hydroxyl groups is 3. The van der Waals surface area contributed by atoms with Gasteiger partial charge in [-0.3, -0.25) is 4.79 Å². The first-order valence-corrected chi connectivity index (χ1v) is 16.8. The number of fused-ring (bicyclic) bond motifs is 6. The molecule has 3 saturated carbocycles. The maximum Gasteiger partial charge on any atom is 0.310 e. The number of ether oxygens (including phenoxy) is 2. The van der Waals surface area contributed by atoms with Crippen molar-refractivity contribution in [2.45, 2.75) is 156 Å². The monoisotopic (exact) mass is 588 g/mol. The minimum Gasteiger partial charge on any atom is -0.481 e. The fourth-order valence-electron chi connectivity index (χ4n) is 11.8. The number of rotatable bonds is 3. The Balaban J connectivity index is 1.27. The lowest BCUT2D eigenvalue weighted by Crippen LogP contribution is -2.63. The van der Waals surface area contributed by atoms with Gasteiger partial charge >= 0.3 is 5.97 Å². The second-order valence-corrected chi connectivity index (χ2v) is 17.2. The normalized spacial score (nSPS) is 51.5. The van der Waals surface area contributed by atoms with Crippen molar-refractivity contribution in [1.29, 1.82) is 0 Å². The van der Waals surface area contributed by atoms with Crippen LogP contribution in [0.3, 0.4) is 0 Å². The highest BCUT2D eigenvalue weighted by Gasteiger charge is 2.65. The molecule has 6 rings (SSSR count). The number of carbonyl (C=O) groups is 1. The van der Waals surface area contributed by atoms with Crippen molar-refractivity contribution in [3.63, 3.8) is 0 Å². The van der Waals surface area contributed by atoms with Crippen molar-refractivity contribution >= 4 is 5.97 Å². The molecule has 0 radical (unpaired) electrons. The van der Waals surface area contributed by atoms with Gasteiger partial charge in [-0.15, -0.1) is 0 Å². The van der Waals surface area contributed by atoms with E-state index in [9.17, 15) is 25.2 Å². The Morgan fingerprint density at radius 3 is 2.24 bits per heavy atom. The maximum absolute atomic E-state index is 12.8. The van der Waals surface area contributed by atoms with E-state index < -0.39 is 42.1 Å². The van der Waals surface area contributed by atoms with Gasteiger partial charge in [-0.05, 0) is 117 Å². The van der Waals surface area contributed by atoms with Crippen molar-refractivity contribution in [3.8, 4) is 0 Å². The molecule has 0 amide bonds. The van der Waals surface area contributed by atoms with Crippen molar-refractivity contribution in [3.05, 3.63) is 11.1 Å². The number of allylic oxidation sites excluding steroid dienone is 2. The molecule has 0 bridgehead atoms. The lowest BCUT2D eigenvalue weighted by Gasteiger charge is -2.67. The first-order valence-electron chi connectivity index (χ1n) is 16.8. The molecule has 1 aliphatic heterocycles. The van der Waals surface area contributed by atoms with E-state index in [1.165, 1.54) is 5.57 Å². The predicted octanol–water partition coefficient (Wildman–Crippen LogP) is 5.84. The van der Waals surface area contributed by atoms with Gasteiger partial charge in [0.25, 0.3) is 0 Å². The van der Waals surface area contributed by atoms with Gasteiger partial charge < -0.3 is 29.9 Å². The third-order valence-electron chi connectivity index (χ3n) is 14.2. The van der Waals surface area contributed by atoms with Crippen LogP contribution in [0.4, 0.5) is 0 Å². The van der Waals surface area contributed by atoms with E-state index >= 15 is 0 Å². The molecule has 0 aromatic heterocycles. The molecule has 4 N–H and O–H groups in total. The molecule has 0 aromatic rings. The van der Waals surface area contributed by atoms with Gasteiger partial charge in [0.2, 0.25) is 0 Å². The Kier molecular flexibility index (Phi) is 7.39. The number of aliphatic hydroxyl groups excluding tert-OH is 3. The van der Waals surface area contributed by atoms with Crippen LogP contribution in [0.1, 0.15) is 119 Å². The van der Waals surface area contributed by atoms with E-state index in [0.29, 0.717) is 11.8 Å². The summed E-state index contributed by atoms with van der Waals surface area (Å²) in [5.74, 6) is 0.587. The van der Waals surface area contributed by atoms with Crippen LogP contribution in [-0.2, 0) is 14.3 Å². The third-order valence-corrected chi connectivity index (χ3v) is 14.2. The third kappa shape index (κ3) is 4.34. The quantitative estimate of drug-likeness (QED) is 0.242. The van der Waals surface area contributed by atoms with Crippen LogP contribution >= 0.6 is 0 Å². The Labute approximate surface area is 252 Å². The molecular formula is C35H56O7. The van der Waals surface area contributed by atoms with E-state index in [-0.39, 0.29) is 33.7 Å². The molecule has 6 aliphatic rings. The zero-order valence-corrected chi connectivity index (χ0v) is 27.0. The summed E-state index contributed by atoms with van der Waals surface area (Å²) >= 11 is 0. The second-order valence-electron chi connectivity index (χ2n) is 17.2. The van der Waals surface area contributed by atoms with Gasteiger partial charge in [0.05, 0.1) is 17.6 Å². The number of carboxylic acid groups (broad SMARTS) is 1. The Bertz CT molecular complexity index is 1130. The Morgan fingerprint density at radius 2 is 1.55 bits per heavy atom. The molecule has 7 nitrogen and oxygen atoms in total. The van der Waals surface area contributed by atoms with E-state index in [0.717, 1.165) is 70.6 Å². The van der Waals surface area contributed by atoms with Gasteiger partial charge in [-0.1, -0.05) is 52.7 Å². The summed E-state index contributed by atoms with van der Waals surface area (Å²) in [6.07, 6.45) is 5.38. The van der Waals surface area contributed by atoms with E-state index in [1.807, 2.05) is 0 Å². The fraction of sp³-hybridized carbons (Fsp3) is 0.914. The summed E-state index contributed by atoms with van der Waals surface area (Å²) in [7, 11) is 0. The first-order chi connectivity index (χ1) is 19.5. The summed E-state index contributed by atoms with van der Waals surface area (Å²) in [6.45, 7) is 16.0. The zero-order chi connectivity index (χ0) is 30.6. The van der Waals surface area contributed by atoms with Crippen LogP contribution in [0.2, 0.25) is 0 Å². The van der Waals surface area contributed by atoms with Crippen molar-refractivity contribution < 1.29 is 34.7 Å². The maximum atomic E-state index is 12.8. The summed E-state index contributed by atoms with van der Waals surface area (Å²) in [5.41, 5.74) is 2.83.